The molecule has 15 nitrogen and oxygen atoms in total. The number of nitrogens with zero attached hydrogens (tertiary/aromatic N) is 2. The van der Waals surface area contributed by atoms with E-state index in [1.54, 1.807) is 32.8 Å². The number of hydrogen-bond acceptors (Lipinski definition) is 14. The maximum absolute atomic E-state index is 15.0. The van der Waals surface area contributed by atoms with E-state index in [-0.39, 0.29) is 49.8 Å². The SMILES string of the molecule is CC[C@H]1OC(O)[C@H](C)[C@@H](C2C[C@@](C)(OC)[C@@H](O)[C@H](C)O2)[C@H](C)[C@@H](O[C@@H]2O[C@H](C)C[C@H](N(C)C)[C@H]2O)[C@](C)(O)C[C@@H](C)CN(C(=O)CCCCCCC[P+](c2ccccc2)(c2ccccc2)c2ccccc2)[C@H](C)[C@H]2OC(=O)O[C@@]21C. The average Bonchev–Trinajstić information content (AvgIpc) is 3.81. The number of aliphatic hydroxyl groups excluding tert-OH is 3. The molecule has 4 aliphatic heterocycles. The Balaban J connectivity index is 1.17. The molecule has 2 unspecified atom stereocenters. The second kappa shape index (κ2) is 27.4. The Labute approximate surface area is 478 Å². The van der Waals surface area contributed by atoms with Crippen LogP contribution in [0.3, 0.4) is 0 Å². The van der Waals surface area contributed by atoms with Gasteiger partial charge in [-0.2, -0.15) is 0 Å². The predicted molar refractivity (Wildman–Crippen MR) is 314 cm³/mol. The maximum atomic E-state index is 15.0. The van der Waals surface area contributed by atoms with Gasteiger partial charge in [0.15, 0.2) is 24.3 Å². The normalized spacial score (nSPS) is 37.7. The molecular formula is C64H98N2O13P+. The van der Waals surface area contributed by atoms with E-state index in [1.165, 1.54) is 15.9 Å². The number of methoxy groups -OCH3 is 1. The summed E-state index contributed by atoms with van der Waals surface area (Å²) in [4.78, 5) is 32.2. The van der Waals surface area contributed by atoms with Crippen molar-refractivity contribution in [2.45, 2.75) is 224 Å². The Hall–Kier alpha value is -3.57. The monoisotopic (exact) mass is 1130 g/mol. The molecule has 4 aliphatic rings. The van der Waals surface area contributed by atoms with Gasteiger partial charge in [-0.15, -0.1) is 0 Å². The van der Waals surface area contributed by atoms with Crippen molar-refractivity contribution in [1.29, 1.82) is 0 Å². The first-order valence-electron chi connectivity index (χ1n) is 29.8. The van der Waals surface area contributed by atoms with Crippen LogP contribution in [0.5, 0.6) is 0 Å². The molecule has 446 valence electrons. The lowest BCUT2D eigenvalue weighted by Gasteiger charge is -2.52. The molecule has 80 heavy (non-hydrogen) atoms. The van der Waals surface area contributed by atoms with E-state index in [9.17, 15) is 30.0 Å². The molecule has 16 heteroatoms. The van der Waals surface area contributed by atoms with Crippen LogP contribution in [0, 0.1) is 23.7 Å². The molecule has 19 atom stereocenters. The van der Waals surface area contributed by atoms with Gasteiger partial charge >= 0.3 is 6.16 Å². The topological polar surface area (TPSA) is 186 Å². The molecule has 0 spiro atoms. The number of benzene rings is 3. The predicted octanol–water partition coefficient (Wildman–Crippen LogP) is 8.38. The summed E-state index contributed by atoms with van der Waals surface area (Å²) in [5, 5.41) is 53.2. The number of likely N-dealkylation sites (N-methyl/N-ethyl adjacent to an activating group) is 1. The molecule has 0 aliphatic carbocycles. The molecule has 3 aromatic carbocycles. The maximum Gasteiger partial charge on any atom is 0.509 e. The van der Waals surface area contributed by atoms with Gasteiger partial charge in [0.25, 0.3) is 0 Å². The Morgan fingerprint density at radius 1 is 0.775 bits per heavy atom. The van der Waals surface area contributed by atoms with E-state index >= 15 is 0 Å². The summed E-state index contributed by atoms with van der Waals surface area (Å²) in [6, 6.07) is 31.8. The number of fused-ring (bicyclic) bond motifs is 1. The summed E-state index contributed by atoms with van der Waals surface area (Å²) in [6.45, 7) is 18.8. The van der Waals surface area contributed by atoms with Crippen molar-refractivity contribution in [2.24, 2.45) is 23.7 Å². The van der Waals surface area contributed by atoms with Gasteiger partial charge in [0.2, 0.25) is 5.91 Å². The van der Waals surface area contributed by atoms with Gasteiger partial charge < -0.3 is 63.4 Å². The molecule has 4 fully saturated rings. The number of aliphatic hydroxyl groups is 4. The van der Waals surface area contributed by atoms with Crippen molar-refractivity contribution in [3.05, 3.63) is 91.0 Å². The highest BCUT2D eigenvalue weighted by atomic mass is 31.2. The van der Waals surface area contributed by atoms with Crippen molar-refractivity contribution in [1.82, 2.24) is 9.80 Å². The third-order valence-electron chi connectivity index (χ3n) is 18.7. The largest absolute Gasteiger partial charge is 0.509 e. The van der Waals surface area contributed by atoms with E-state index < -0.39 is 109 Å². The van der Waals surface area contributed by atoms with Crippen LogP contribution in [0.2, 0.25) is 0 Å². The number of hydrogen-bond donors (Lipinski definition) is 4. The van der Waals surface area contributed by atoms with Crippen LogP contribution >= 0.6 is 7.26 Å². The van der Waals surface area contributed by atoms with Crippen molar-refractivity contribution < 1.29 is 63.2 Å². The molecule has 0 saturated carbocycles. The van der Waals surface area contributed by atoms with Crippen LogP contribution in [0.15, 0.2) is 91.0 Å². The molecule has 3 aromatic rings. The second-order valence-electron chi connectivity index (χ2n) is 25.0. The third kappa shape index (κ3) is 14.0. The van der Waals surface area contributed by atoms with E-state index in [0.29, 0.717) is 19.3 Å². The van der Waals surface area contributed by atoms with Crippen molar-refractivity contribution in [3.8, 4) is 0 Å². The lowest BCUT2D eigenvalue weighted by molar-refractivity contribution is -0.306. The number of carbonyl (C=O) groups is 2. The first-order chi connectivity index (χ1) is 37.9. The standard InChI is InChI=1S/C64H98N2O13P/c1-14-52-64(10)58(78-61(71)79-64)45(6)66(53(67)35-27-16-15-17-28-36-80(47-29-21-18-22-30-47,48-31-23-19-24-32-48)49-33-25-20-26-34-49)40-41(2)38-62(8,72)57(77-60-55(68)50(65(11)12)37-42(3)74-60)43(4)54(44(5)59(70)76-52)51-39-63(9,73-13)56(69)46(7)75-51/h18-26,29-34,41-46,50-52,54-60,68-70,72H,14-17,27-28,35-40H2,1-13H3/q+1/t41-,42-,43+,44-,45-,46+,50+,51?,52-,54+,55-,56+,57-,58-,59?,60+,62-,63-,64-/m1/s1. The van der Waals surface area contributed by atoms with Gasteiger partial charge in [0.1, 0.15) is 41.5 Å². The van der Waals surface area contributed by atoms with Gasteiger partial charge in [-0.3, -0.25) is 4.79 Å². The number of rotatable bonds is 17. The molecule has 7 rings (SSSR count). The van der Waals surface area contributed by atoms with Crippen LogP contribution in [0.1, 0.15) is 133 Å². The zero-order valence-electron chi connectivity index (χ0n) is 50.2. The molecule has 0 radical (unpaired) electrons. The highest BCUT2D eigenvalue weighted by Crippen LogP contribution is 2.56. The summed E-state index contributed by atoms with van der Waals surface area (Å²) in [5.41, 5.74) is -4.12. The molecule has 0 aromatic heterocycles. The van der Waals surface area contributed by atoms with Crippen LogP contribution in [0.25, 0.3) is 0 Å². The lowest BCUT2D eigenvalue weighted by Crippen LogP contribution is -2.62. The van der Waals surface area contributed by atoms with Crippen LogP contribution in [0.4, 0.5) is 4.79 Å². The van der Waals surface area contributed by atoms with Gasteiger partial charge in [0.05, 0.1) is 47.8 Å². The van der Waals surface area contributed by atoms with Gasteiger partial charge in [0, 0.05) is 38.5 Å². The summed E-state index contributed by atoms with van der Waals surface area (Å²) in [5.74, 6) is -2.49. The molecule has 1 amide bonds. The Morgan fingerprint density at radius 3 is 1.89 bits per heavy atom. The van der Waals surface area contributed by atoms with Gasteiger partial charge in [-0.25, -0.2) is 4.79 Å². The van der Waals surface area contributed by atoms with Crippen molar-refractivity contribution >= 4 is 35.2 Å². The van der Waals surface area contributed by atoms with Gasteiger partial charge in [-0.05, 0) is 148 Å². The van der Waals surface area contributed by atoms with Gasteiger partial charge in [-0.1, -0.05) is 95.1 Å². The van der Waals surface area contributed by atoms with E-state index in [2.05, 4.69) is 91.0 Å². The number of unbranched alkanes of at least 4 members (excludes halogenated alkanes) is 4. The van der Waals surface area contributed by atoms with Crippen LogP contribution in [-0.4, -0.2) is 166 Å². The van der Waals surface area contributed by atoms with Crippen LogP contribution in [-0.2, 0) is 38.0 Å². The highest BCUT2D eigenvalue weighted by Gasteiger charge is 2.59. The zero-order valence-corrected chi connectivity index (χ0v) is 51.1. The molecule has 4 saturated heterocycles. The summed E-state index contributed by atoms with van der Waals surface area (Å²) in [7, 11) is 3.41. The summed E-state index contributed by atoms with van der Waals surface area (Å²) in [6.07, 6.45) is -3.11. The van der Waals surface area contributed by atoms with Crippen LogP contribution < -0.4 is 15.9 Å². The summed E-state index contributed by atoms with van der Waals surface area (Å²) < 4.78 is 45.0. The fourth-order valence-corrected chi connectivity index (χ4v) is 18.7. The third-order valence-corrected chi connectivity index (χ3v) is 23.2. The minimum absolute atomic E-state index is 0.112. The lowest BCUT2D eigenvalue weighted by atomic mass is 9.68. The Morgan fingerprint density at radius 2 is 1.34 bits per heavy atom. The molecule has 4 heterocycles. The Bertz CT molecular complexity index is 2310. The smallest absolute Gasteiger partial charge is 0.424 e. The average molecular weight is 1130 g/mol. The van der Waals surface area contributed by atoms with E-state index in [4.69, 9.17) is 33.2 Å². The first kappa shape index (κ1) is 64.0. The number of carbonyl (C=O) groups excluding carboxylic acids is 2. The molecule has 4 N–H and O–H groups in total. The van der Waals surface area contributed by atoms with Crippen molar-refractivity contribution in [3.63, 3.8) is 0 Å². The second-order valence-corrected chi connectivity index (χ2v) is 28.6. The fraction of sp³-hybridized carbons (Fsp3) is 0.688. The van der Waals surface area contributed by atoms with E-state index in [1.807, 2.05) is 67.5 Å². The fourth-order valence-electron chi connectivity index (χ4n) is 14.3. The highest BCUT2D eigenvalue weighted by molar-refractivity contribution is 7.95. The number of ether oxygens (including phenoxy) is 7. The molecular weight excluding hydrogens is 1040 g/mol. The summed E-state index contributed by atoms with van der Waals surface area (Å²) >= 11 is 0. The Kier molecular flexibility index (Phi) is 21.9. The first-order valence-corrected chi connectivity index (χ1v) is 31.7. The molecule has 0 bridgehead atoms. The quantitative estimate of drug-likeness (QED) is 0.0574. The van der Waals surface area contributed by atoms with Crippen molar-refractivity contribution in [2.75, 3.05) is 33.9 Å². The number of amides is 1. The zero-order chi connectivity index (χ0) is 58.3. The minimum atomic E-state index is -1.97. The van der Waals surface area contributed by atoms with E-state index in [0.717, 1.165) is 31.8 Å². The minimum Gasteiger partial charge on any atom is -0.424 e.